The minimum Gasteiger partial charge on any atom is -0.357 e. The zero-order valence-corrected chi connectivity index (χ0v) is 15.7. The van der Waals surface area contributed by atoms with Crippen LogP contribution in [0.4, 0.5) is 0 Å². The maximum absolute atomic E-state index is 11.4. The molecule has 0 aromatic heterocycles. The molecular formula is C17H30N4O2S. The van der Waals surface area contributed by atoms with E-state index in [4.69, 9.17) is 0 Å². The fourth-order valence-corrected chi connectivity index (χ4v) is 2.85. The standard InChI is InChI=1S/C17H30N4O2S/c1-4-15-10-7-8-11-16(15)14-20-17(18-5-2)19-12-9-13-21-24(22,23)6-3/h7-8,10-11,21H,4-6,9,12-14H2,1-3H3,(H2,18,19,20). The molecule has 0 amide bonds. The van der Waals surface area contributed by atoms with Crippen molar-refractivity contribution < 1.29 is 8.42 Å². The van der Waals surface area contributed by atoms with Crippen molar-refractivity contribution in [2.75, 3.05) is 25.4 Å². The van der Waals surface area contributed by atoms with Gasteiger partial charge >= 0.3 is 0 Å². The van der Waals surface area contributed by atoms with Gasteiger partial charge in [0.2, 0.25) is 10.0 Å². The summed E-state index contributed by atoms with van der Waals surface area (Å²) >= 11 is 0. The molecule has 7 heteroatoms. The van der Waals surface area contributed by atoms with Crippen molar-refractivity contribution in [3.8, 4) is 0 Å². The molecule has 0 heterocycles. The van der Waals surface area contributed by atoms with E-state index in [9.17, 15) is 8.42 Å². The van der Waals surface area contributed by atoms with Gasteiger partial charge in [0.1, 0.15) is 0 Å². The zero-order chi connectivity index (χ0) is 17.8. The molecule has 0 spiro atoms. The maximum atomic E-state index is 11.4. The van der Waals surface area contributed by atoms with Gasteiger partial charge in [-0.3, -0.25) is 0 Å². The van der Waals surface area contributed by atoms with Gasteiger partial charge in [0.15, 0.2) is 5.96 Å². The summed E-state index contributed by atoms with van der Waals surface area (Å²) < 4.78 is 25.3. The quantitative estimate of drug-likeness (QED) is 0.339. The predicted molar refractivity (Wildman–Crippen MR) is 101 cm³/mol. The Morgan fingerprint density at radius 2 is 1.75 bits per heavy atom. The fraction of sp³-hybridized carbons (Fsp3) is 0.588. The van der Waals surface area contributed by atoms with Crippen LogP contribution in [0.2, 0.25) is 0 Å². The number of aliphatic imine (C=N–C) groups is 1. The first-order valence-electron chi connectivity index (χ1n) is 8.58. The van der Waals surface area contributed by atoms with Crippen molar-refractivity contribution in [3.63, 3.8) is 0 Å². The SMILES string of the molecule is CCNC(=NCc1ccccc1CC)NCCCNS(=O)(=O)CC. The van der Waals surface area contributed by atoms with E-state index in [2.05, 4.69) is 39.4 Å². The van der Waals surface area contributed by atoms with Gasteiger partial charge < -0.3 is 10.6 Å². The highest BCUT2D eigenvalue weighted by Gasteiger charge is 2.05. The van der Waals surface area contributed by atoms with E-state index < -0.39 is 10.0 Å². The molecule has 0 saturated heterocycles. The molecule has 1 aromatic rings. The second-order valence-electron chi connectivity index (χ2n) is 5.40. The summed E-state index contributed by atoms with van der Waals surface area (Å²) in [5.74, 6) is 0.864. The number of guanidine groups is 1. The second kappa shape index (κ2) is 11.0. The highest BCUT2D eigenvalue weighted by atomic mass is 32.2. The first kappa shape index (κ1) is 20.4. The lowest BCUT2D eigenvalue weighted by atomic mass is 10.1. The lowest BCUT2D eigenvalue weighted by Gasteiger charge is -2.12. The molecule has 0 fully saturated rings. The number of nitrogens with one attached hydrogen (secondary N) is 3. The summed E-state index contributed by atoms with van der Waals surface area (Å²) in [6.07, 6.45) is 1.70. The molecule has 3 N–H and O–H groups in total. The van der Waals surface area contributed by atoms with E-state index in [1.807, 2.05) is 19.1 Å². The first-order valence-corrected chi connectivity index (χ1v) is 10.2. The normalized spacial score (nSPS) is 12.2. The average molecular weight is 355 g/mol. The van der Waals surface area contributed by atoms with Gasteiger partial charge in [0, 0.05) is 19.6 Å². The Morgan fingerprint density at radius 1 is 1.04 bits per heavy atom. The Kier molecular flexibility index (Phi) is 9.41. The lowest BCUT2D eigenvalue weighted by molar-refractivity contribution is 0.579. The molecule has 0 bridgehead atoms. The molecule has 136 valence electrons. The van der Waals surface area contributed by atoms with Crippen LogP contribution < -0.4 is 15.4 Å². The summed E-state index contributed by atoms with van der Waals surface area (Å²) in [5.41, 5.74) is 2.54. The molecule has 6 nitrogen and oxygen atoms in total. The molecule has 1 aromatic carbocycles. The monoisotopic (exact) mass is 354 g/mol. The Bertz CT molecular complexity index is 615. The highest BCUT2D eigenvalue weighted by Crippen LogP contribution is 2.10. The minimum atomic E-state index is -3.11. The fourth-order valence-electron chi connectivity index (χ4n) is 2.19. The number of hydrogen-bond acceptors (Lipinski definition) is 3. The maximum Gasteiger partial charge on any atom is 0.211 e. The van der Waals surface area contributed by atoms with Gasteiger partial charge in [-0.2, -0.15) is 0 Å². The topological polar surface area (TPSA) is 82.6 Å². The third-order valence-corrected chi connectivity index (χ3v) is 5.00. The molecule has 0 radical (unpaired) electrons. The zero-order valence-electron chi connectivity index (χ0n) is 14.9. The molecule has 0 aliphatic rings. The number of benzene rings is 1. The second-order valence-corrected chi connectivity index (χ2v) is 7.49. The minimum absolute atomic E-state index is 0.112. The third kappa shape index (κ3) is 7.79. The van der Waals surface area contributed by atoms with E-state index in [0.29, 0.717) is 26.1 Å². The van der Waals surface area contributed by atoms with Crippen LogP contribution in [-0.2, 0) is 23.0 Å². The van der Waals surface area contributed by atoms with Crippen LogP contribution in [0.1, 0.15) is 38.3 Å². The Balaban J connectivity index is 2.48. The van der Waals surface area contributed by atoms with E-state index >= 15 is 0 Å². The molecule has 24 heavy (non-hydrogen) atoms. The van der Waals surface area contributed by atoms with Crippen molar-refractivity contribution in [2.45, 2.75) is 40.2 Å². The number of aryl methyl sites for hydroxylation is 1. The summed E-state index contributed by atoms with van der Waals surface area (Å²) in [5, 5.41) is 6.45. The predicted octanol–water partition coefficient (Wildman–Crippen LogP) is 1.63. The van der Waals surface area contributed by atoms with Crippen molar-refractivity contribution in [1.29, 1.82) is 0 Å². The van der Waals surface area contributed by atoms with Gasteiger partial charge in [-0.15, -0.1) is 0 Å². The van der Waals surface area contributed by atoms with Crippen LogP contribution in [0.15, 0.2) is 29.3 Å². The van der Waals surface area contributed by atoms with Crippen molar-refractivity contribution in [3.05, 3.63) is 35.4 Å². The third-order valence-electron chi connectivity index (χ3n) is 3.60. The number of hydrogen-bond donors (Lipinski definition) is 3. The molecular weight excluding hydrogens is 324 g/mol. The van der Waals surface area contributed by atoms with Crippen LogP contribution >= 0.6 is 0 Å². The summed E-state index contributed by atoms with van der Waals surface area (Å²) in [7, 11) is -3.11. The first-order chi connectivity index (χ1) is 11.5. The molecule has 0 aliphatic heterocycles. The van der Waals surface area contributed by atoms with Gasteiger partial charge in [-0.1, -0.05) is 31.2 Å². The van der Waals surface area contributed by atoms with Crippen LogP contribution in [-0.4, -0.2) is 39.8 Å². The van der Waals surface area contributed by atoms with Crippen LogP contribution in [0.3, 0.4) is 0 Å². The van der Waals surface area contributed by atoms with Crippen LogP contribution in [0.25, 0.3) is 0 Å². The van der Waals surface area contributed by atoms with Gasteiger partial charge in [-0.05, 0) is 37.8 Å². The van der Waals surface area contributed by atoms with Crippen LogP contribution in [0, 0.1) is 0 Å². The van der Waals surface area contributed by atoms with Gasteiger partial charge in [0.05, 0.1) is 12.3 Å². The van der Waals surface area contributed by atoms with Gasteiger partial charge in [0.25, 0.3) is 0 Å². The van der Waals surface area contributed by atoms with E-state index in [1.165, 1.54) is 11.1 Å². The molecule has 0 atom stereocenters. The van der Waals surface area contributed by atoms with Crippen molar-refractivity contribution >= 4 is 16.0 Å². The summed E-state index contributed by atoms with van der Waals surface area (Å²) in [4.78, 5) is 4.61. The Hall–Kier alpha value is -1.60. The number of nitrogens with zero attached hydrogens (tertiary/aromatic N) is 1. The molecule has 0 saturated carbocycles. The van der Waals surface area contributed by atoms with E-state index in [0.717, 1.165) is 18.9 Å². The van der Waals surface area contributed by atoms with E-state index in [1.54, 1.807) is 6.92 Å². The largest absolute Gasteiger partial charge is 0.357 e. The van der Waals surface area contributed by atoms with Crippen molar-refractivity contribution in [1.82, 2.24) is 15.4 Å². The smallest absolute Gasteiger partial charge is 0.211 e. The summed E-state index contributed by atoms with van der Waals surface area (Å²) in [6, 6.07) is 8.31. The highest BCUT2D eigenvalue weighted by molar-refractivity contribution is 7.89. The number of rotatable bonds is 10. The van der Waals surface area contributed by atoms with E-state index in [-0.39, 0.29) is 5.75 Å². The van der Waals surface area contributed by atoms with Crippen molar-refractivity contribution in [2.24, 2.45) is 4.99 Å². The Labute approximate surface area is 146 Å². The molecule has 1 rings (SSSR count). The Morgan fingerprint density at radius 3 is 2.38 bits per heavy atom. The molecule has 0 unspecified atom stereocenters. The molecule has 0 aliphatic carbocycles. The average Bonchev–Trinajstić information content (AvgIpc) is 2.59. The van der Waals surface area contributed by atoms with Gasteiger partial charge in [-0.25, -0.2) is 18.1 Å². The number of sulfonamides is 1. The summed E-state index contributed by atoms with van der Waals surface area (Å²) in [6.45, 7) is 8.29. The lowest BCUT2D eigenvalue weighted by Crippen LogP contribution is -2.38. The van der Waals surface area contributed by atoms with Crippen LogP contribution in [0.5, 0.6) is 0 Å².